The Bertz CT molecular complexity index is 555. The molecule has 1 fully saturated rings. The highest BCUT2D eigenvalue weighted by molar-refractivity contribution is 5.82. The maximum Gasteiger partial charge on any atom is 0.134 e. The van der Waals surface area contributed by atoms with Crippen LogP contribution in [0.4, 0.5) is 0 Å². The molecule has 3 rings (SSSR count). The number of rotatable bonds is 5. The Labute approximate surface area is 120 Å². The normalized spacial score (nSPS) is 16.9. The summed E-state index contributed by atoms with van der Waals surface area (Å²) in [5.41, 5.74) is 2.30. The average Bonchev–Trinajstić information content (AvgIpc) is 2.80. The van der Waals surface area contributed by atoms with Crippen molar-refractivity contribution in [3.8, 4) is 0 Å². The summed E-state index contributed by atoms with van der Waals surface area (Å²) in [7, 11) is 0. The minimum absolute atomic E-state index is 0.899. The molecular weight excluding hydrogens is 248 g/mol. The summed E-state index contributed by atoms with van der Waals surface area (Å²) in [5, 5.41) is 4.81. The Hall–Kier alpha value is -1.32. The van der Waals surface area contributed by atoms with E-state index in [0.717, 1.165) is 31.0 Å². The average molecular weight is 272 g/mol. The van der Waals surface area contributed by atoms with E-state index in [2.05, 4.69) is 29.3 Å². The number of nitrogens with zero attached hydrogens (tertiary/aromatic N) is 1. The fraction of sp³-hybridized carbons (Fsp3) is 0.529. The van der Waals surface area contributed by atoms with Crippen LogP contribution < -0.4 is 5.32 Å². The topological polar surface area (TPSA) is 28.4 Å². The lowest BCUT2D eigenvalue weighted by Gasteiger charge is -2.26. The van der Waals surface area contributed by atoms with Crippen molar-refractivity contribution in [1.82, 2.24) is 10.2 Å². The van der Waals surface area contributed by atoms with E-state index >= 15 is 0 Å². The number of piperidine rings is 1. The molecule has 1 N–H and O–H groups in total. The Morgan fingerprint density at radius 1 is 1.15 bits per heavy atom. The molecule has 0 bridgehead atoms. The van der Waals surface area contributed by atoms with Gasteiger partial charge in [0.15, 0.2) is 0 Å². The van der Waals surface area contributed by atoms with Crippen LogP contribution in [0.25, 0.3) is 11.0 Å². The molecule has 1 aromatic heterocycles. The van der Waals surface area contributed by atoms with Gasteiger partial charge in [0.2, 0.25) is 0 Å². The lowest BCUT2D eigenvalue weighted by molar-refractivity contribution is 0.229. The van der Waals surface area contributed by atoms with Crippen LogP contribution in [0.1, 0.15) is 30.6 Å². The Balaban J connectivity index is 1.53. The molecule has 0 unspecified atom stereocenters. The summed E-state index contributed by atoms with van der Waals surface area (Å²) in [6, 6.07) is 8.29. The van der Waals surface area contributed by atoms with Crippen molar-refractivity contribution in [2.75, 3.05) is 26.2 Å². The molecule has 0 aliphatic carbocycles. The molecule has 1 aliphatic heterocycles. The zero-order chi connectivity index (χ0) is 13.8. The first-order valence-corrected chi connectivity index (χ1v) is 7.74. The second kappa shape index (κ2) is 6.42. The molecule has 1 saturated heterocycles. The fourth-order valence-corrected chi connectivity index (χ4v) is 3.07. The highest BCUT2D eigenvalue weighted by atomic mass is 16.3. The van der Waals surface area contributed by atoms with E-state index in [9.17, 15) is 0 Å². The number of hydrogen-bond donors (Lipinski definition) is 1. The summed E-state index contributed by atoms with van der Waals surface area (Å²) in [6.07, 6.45) is 4.14. The molecule has 108 valence electrons. The number of para-hydroxylation sites is 1. The van der Waals surface area contributed by atoms with Gasteiger partial charge in [0, 0.05) is 30.6 Å². The molecule has 1 aromatic carbocycles. The highest BCUT2D eigenvalue weighted by Crippen LogP contribution is 2.24. The third-order valence-corrected chi connectivity index (χ3v) is 4.26. The van der Waals surface area contributed by atoms with Gasteiger partial charge in [-0.2, -0.15) is 0 Å². The van der Waals surface area contributed by atoms with Gasteiger partial charge < -0.3 is 14.6 Å². The number of likely N-dealkylation sites (tertiary alicyclic amines) is 1. The molecule has 3 heteroatoms. The zero-order valence-corrected chi connectivity index (χ0v) is 12.3. The minimum atomic E-state index is 0.899. The van der Waals surface area contributed by atoms with Gasteiger partial charge in [0.25, 0.3) is 0 Å². The Morgan fingerprint density at radius 3 is 2.80 bits per heavy atom. The van der Waals surface area contributed by atoms with E-state index in [0.29, 0.717) is 0 Å². The van der Waals surface area contributed by atoms with E-state index < -0.39 is 0 Å². The van der Waals surface area contributed by atoms with Gasteiger partial charge in [0.1, 0.15) is 11.3 Å². The fourth-order valence-electron chi connectivity index (χ4n) is 3.07. The van der Waals surface area contributed by atoms with Crippen molar-refractivity contribution < 1.29 is 4.42 Å². The van der Waals surface area contributed by atoms with Crippen molar-refractivity contribution in [1.29, 1.82) is 0 Å². The number of furan rings is 1. The summed E-state index contributed by atoms with van der Waals surface area (Å²) in [6.45, 7) is 7.72. The van der Waals surface area contributed by atoms with Crippen LogP contribution in [0.3, 0.4) is 0 Å². The Kier molecular flexibility index (Phi) is 4.38. The molecule has 0 saturated carbocycles. The standard InChI is InChI=1S/C17H24N2O/c1-14-16(15-7-3-4-8-17(15)20-14)13-18-9-12-19-10-5-2-6-11-19/h3-4,7-8,18H,2,5-6,9-13H2,1H3. The summed E-state index contributed by atoms with van der Waals surface area (Å²) in [5.74, 6) is 1.04. The molecule has 1 aliphatic rings. The van der Waals surface area contributed by atoms with Crippen LogP contribution in [0.2, 0.25) is 0 Å². The largest absolute Gasteiger partial charge is 0.461 e. The van der Waals surface area contributed by atoms with Crippen LogP contribution in [-0.4, -0.2) is 31.1 Å². The predicted molar refractivity (Wildman–Crippen MR) is 82.9 cm³/mol. The smallest absolute Gasteiger partial charge is 0.134 e. The van der Waals surface area contributed by atoms with E-state index in [1.165, 1.54) is 43.3 Å². The second-order valence-corrected chi connectivity index (χ2v) is 5.71. The molecule has 0 radical (unpaired) electrons. The quantitative estimate of drug-likeness (QED) is 0.846. The van der Waals surface area contributed by atoms with Crippen LogP contribution in [0.15, 0.2) is 28.7 Å². The van der Waals surface area contributed by atoms with Gasteiger partial charge in [-0.05, 0) is 38.9 Å². The Morgan fingerprint density at radius 2 is 1.95 bits per heavy atom. The van der Waals surface area contributed by atoms with Crippen LogP contribution in [0, 0.1) is 6.92 Å². The van der Waals surface area contributed by atoms with E-state index in [-0.39, 0.29) is 0 Å². The highest BCUT2D eigenvalue weighted by Gasteiger charge is 2.11. The maximum absolute atomic E-state index is 5.80. The number of benzene rings is 1. The first-order chi connectivity index (χ1) is 9.84. The van der Waals surface area contributed by atoms with Crippen LogP contribution >= 0.6 is 0 Å². The van der Waals surface area contributed by atoms with Crippen molar-refractivity contribution in [2.24, 2.45) is 0 Å². The van der Waals surface area contributed by atoms with Crippen molar-refractivity contribution in [2.45, 2.75) is 32.7 Å². The van der Waals surface area contributed by atoms with Crippen LogP contribution in [-0.2, 0) is 6.54 Å². The monoisotopic (exact) mass is 272 g/mol. The number of nitrogens with one attached hydrogen (secondary N) is 1. The molecular formula is C17H24N2O. The van der Waals surface area contributed by atoms with Gasteiger partial charge in [0.05, 0.1) is 0 Å². The van der Waals surface area contributed by atoms with Gasteiger partial charge in [-0.1, -0.05) is 24.6 Å². The second-order valence-electron chi connectivity index (χ2n) is 5.71. The molecule has 0 amide bonds. The number of aryl methyl sites for hydroxylation is 1. The maximum atomic E-state index is 5.80. The first-order valence-electron chi connectivity index (χ1n) is 7.74. The van der Waals surface area contributed by atoms with Crippen LogP contribution in [0.5, 0.6) is 0 Å². The number of hydrogen-bond acceptors (Lipinski definition) is 3. The van der Waals surface area contributed by atoms with Crippen molar-refractivity contribution >= 4 is 11.0 Å². The van der Waals surface area contributed by atoms with Gasteiger partial charge in [-0.15, -0.1) is 0 Å². The van der Waals surface area contributed by atoms with E-state index in [4.69, 9.17) is 4.42 Å². The SMILES string of the molecule is Cc1oc2ccccc2c1CNCCN1CCCCC1. The summed E-state index contributed by atoms with van der Waals surface area (Å²) >= 11 is 0. The molecule has 2 heterocycles. The van der Waals surface area contributed by atoms with Gasteiger partial charge >= 0.3 is 0 Å². The third-order valence-electron chi connectivity index (χ3n) is 4.26. The van der Waals surface area contributed by atoms with E-state index in [1.807, 2.05) is 12.1 Å². The first kappa shape index (κ1) is 13.7. The lowest BCUT2D eigenvalue weighted by atomic mass is 10.1. The summed E-state index contributed by atoms with van der Waals surface area (Å²) in [4.78, 5) is 2.57. The molecule has 0 spiro atoms. The minimum Gasteiger partial charge on any atom is -0.461 e. The zero-order valence-electron chi connectivity index (χ0n) is 12.3. The summed E-state index contributed by atoms with van der Waals surface area (Å²) < 4.78 is 5.80. The van der Waals surface area contributed by atoms with Gasteiger partial charge in [-0.25, -0.2) is 0 Å². The number of fused-ring (bicyclic) bond motifs is 1. The van der Waals surface area contributed by atoms with E-state index in [1.54, 1.807) is 0 Å². The van der Waals surface area contributed by atoms with Crippen molar-refractivity contribution in [3.05, 3.63) is 35.6 Å². The molecule has 2 aromatic rings. The third kappa shape index (κ3) is 3.05. The van der Waals surface area contributed by atoms with Crippen molar-refractivity contribution in [3.63, 3.8) is 0 Å². The molecule has 3 nitrogen and oxygen atoms in total. The van der Waals surface area contributed by atoms with Gasteiger partial charge in [-0.3, -0.25) is 0 Å². The molecule has 20 heavy (non-hydrogen) atoms. The predicted octanol–water partition coefficient (Wildman–Crippen LogP) is 3.32. The molecule has 0 atom stereocenters. The lowest BCUT2D eigenvalue weighted by Crippen LogP contribution is -2.35.